The van der Waals surface area contributed by atoms with E-state index < -0.39 is 10.9 Å². The fraction of sp³-hybridized carbons (Fsp3) is 0.111. The van der Waals surface area contributed by atoms with Gasteiger partial charge in [0, 0.05) is 12.1 Å². The molecular weight excluding hydrogens is 516 g/mol. The number of non-ortho nitro benzene ring substituents is 1. The highest BCUT2D eigenvalue weighted by molar-refractivity contribution is 8.18. The van der Waals surface area contributed by atoms with E-state index >= 15 is 0 Å². The van der Waals surface area contributed by atoms with E-state index in [0.29, 0.717) is 32.0 Å². The molecule has 0 radical (unpaired) electrons. The van der Waals surface area contributed by atoms with Crippen LogP contribution in [-0.2, 0) is 16.1 Å². The zero-order valence-corrected chi connectivity index (χ0v) is 21.2. The summed E-state index contributed by atoms with van der Waals surface area (Å²) >= 11 is 7.57. The number of nitro groups is 1. The molecule has 37 heavy (non-hydrogen) atoms. The SMILES string of the molecule is CCOC(=O)C1=C(O)/C(=C/c2ccc(OCc3ccc([N+](=O)[O-])cc3)c(Cl)c2)SC1=Nc1ccccc1. The molecule has 1 aliphatic heterocycles. The summed E-state index contributed by atoms with van der Waals surface area (Å²) in [4.78, 5) is 27.8. The summed E-state index contributed by atoms with van der Waals surface area (Å²) in [6.07, 6.45) is 1.69. The molecule has 3 aromatic rings. The molecule has 188 valence electrons. The lowest BCUT2D eigenvalue weighted by atomic mass is 10.1. The number of nitro benzene ring substituents is 1. The van der Waals surface area contributed by atoms with E-state index in [0.717, 1.165) is 17.3 Å². The van der Waals surface area contributed by atoms with Crippen LogP contribution in [0.25, 0.3) is 6.08 Å². The smallest absolute Gasteiger partial charge is 0.344 e. The van der Waals surface area contributed by atoms with Crippen molar-refractivity contribution in [2.45, 2.75) is 13.5 Å². The molecule has 8 nitrogen and oxygen atoms in total. The molecule has 1 aliphatic rings. The minimum Gasteiger partial charge on any atom is -0.506 e. The second kappa shape index (κ2) is 11.8. The monoisotopic (exact) mass is 536 g/mol. The number of hydrogen-bond acceptors (Lipinski definition) is 8. The van der Waals surface area contributed by atoms with Crippen LogP contribution >= 0.6 is 23.4 Å². The molecule has 0 amide bonds. The normalized spacial score (nSPS) is 15.3. The molecule has 0 atom stereocenters. The second-order valence-electron chi connectivity index (χ2n) is 7.71. The average molecular weight is 537 g/mol. The van der Waals surface area contributed by atoms with Crippen molar-refractivity contribution < 1.29 is 24.3 Å². The number of carbonyl (C=O) groups excluding carboxylic acids is 1. The van der Waals surface area contributed by atoms with Crippen molar-refractivity contribution in [1.29, 1.82) is 0 Å². The maximum Gasteiger partial charge on any atom is 0.344 e. The van der Waals surface area contributed by atoms with Crippen molar-refractivity contribution in [1.82, 2.24) is 0 Å². The largest absolute Gasteiger partial charge is 0.506 e. The summed E-state index contributed by atoms with van der Waals surface area (Å²) in [7, 11) is 0. The summed E-state index contributed by atoms with van der Waals surface area (Å²) in [5.41, 5.74) is 2.08. The first-order valence-corrected chi connectivity index (χ1v) is 12.3. The summed E-state index contributed by atoms with van der Waals surface area (Å²) < 4.78 is 10.9. The van der Waals surface area contributed by atoms with Gasteiger partial charge in [-0.3, -0.25) is 10.1 Å². The summed E-state index contributed by atoms with van der Waals surface area (Å²) in [5, 5.41) is 22.3. The fourth-order valence-corrected chi connectivity index (χ4v) is 4.64. The van der Waals surface area contributed by atoms with Gasteiger partial charge in [0.1, 0.15) is 28.7 Å². The highest BCUT2D eigenvalue weighted by Crippen LogP contribution is 2.40. The van der Waals surface area contributed by atoms with Crippen LogP contribution < -0.4 is 4.74 Å². The Labute approximate surface area is 222 Å². The van der Waals surface area contributed by atoms with Crippen molar-refractivity contribution in [2.75, 3.05) is 6.61 Å². The Morgan fingerprint density at radius 2 is 1.86 bits per heavy atom. The van der Waals surface area contributed by atoms with Crippen LogP contribution in [0, 0.1) is 10.1 Å². The van der Waals surface area contributed by atoms with Crippen LogP contribution in [-0.4, -0.2) is 27.6 Å². The standard InChI is InChI=1S/C27H21ClN2O6S/c1-2-35-27(32)24-25(31)23(37-26(24)29-19-6-4-3-5-7-19)15-18-10-13-22(21(28)14-18)36-16-17-8-11-20(12-9-17)30(33)34/h3-15,31H,2,16H2,1H3/b23-15-,29-26?. The van der Waals surface area contributed by atoms with E-state index in [1.807, 2.05) is 18.2 Å². The summed E-state index contributed by atoms with van der Waals surface area (Å²) in [6, 6.07) is 20.3. The summed E-state index contributed by atoms with van der Waals surface area (Å²) in [5.74, 6) is -0.439. The van der Waals surface area contributed by atoms with Gasteiger partial charge in [0.15, 0.2) is 0 Å². The Bertz CT molecular complexity index is 1420. The van der Waals surface area contributed by atoms with Gasteiger partial charge in [0.05, 0.1) is 27.1 Å². The number of hydrogen-bond donors (Lipinski definition) is 1. The van der Waals surface area contributed by atoms with Gasteiger partial charge in [-0.15, -0.1) is 0 Å². The molecular formula is C27H21ClN2O6S. The highest BCUT2D eigenvalue weighted by Gasteiger charge is 2.33. The molecule has 0 spiro atoms. The van der Waals surface area contributed by atoms with Gasteiger partial charge in [0.25, 0.3) is 5.69 Å². The molecule has 0 saturated heterocycles. The highest BCUT2D eigenvalue weighted by atomic mass is 35.5. The van der Waals surface area contributed by atoms with Crippen molar-refractivity contribution in [3.8, 4) is 5.75 Å². The van der Waals surface area contributed by atoms with Crippen LogP contribution in [0.1, 0.15) is 18.1 Å². The van der Waals surface area contributed by atoms with E-state index in [2.05, 4.69) is 4.99 Å². The van der Waals surface area contributed by atoms with Crippen LogP contribution in [0.2, 0.25) is 5.02 Å². The molecule has 0 fully saturated rings. The lowest BCUT2D eigenvalue weighted by molar-refractivity contribution is -0.384. The van der Waals surface area contributed by atoms with Gasteiger partial charge >= 0.3 is 5.97 Å². The first-order chi connectivity index (χ1) is 17.9. The predicted octanol–water partition coefficient (Wildman–Crippen LogP) is 7.02. The number of aliphatic hydroxyl groups is 1. The molecule has 4 rings (SSSR count). The van der Waals surface area contributed by atoms with Crippen LogP contribution in [0.15, 0.2) is 94.0 Å². The van der Waals surface area contributed by atoms with Gasteiger partial charge in [-0.2, -0.15) is 0 Å². The van der Waals surface area contributed by atoms with E-state index in [1.54, 1.807) is 55.5 Å². The predicted molar refractivity (Wildman–Crippen MR) is 144 cm³/mol. The molecule has 0 aromatic heterocycles. The van der Waals surface area contributed by atoms with Gasteiger partial charge in [0.2, 0.25) is 0 Å². The molecule has 0 aliphatic carbocycles. The third kappa shape index (κ3) is 6.38. The Kier molecular flexibility index (Phi) is 8.27. The molecule has 1 N–H and O–H groups in total. The van der Waals surface area contributed by atoms with E-state index in [9.17, 15) is 20.0 Å². The Morgan fingerprint density at radius 3 is 2.51 bits per heavy atom. The number of nitrogens with zero attached hydrogens (tertiary/aromatic N) is 2. The van der Waals surface area contributed by atoms with Crippen molar-refractivity contribution in [3.05, 3.63) is 115 Å². The zero-order valence-electron chi connectivity index (χ0n) is 19.6. The number of halogens is 1. The minimum atomic E-state index is -0.654. The molecule has 1 heterocycles. The quantitative estimate of drug-likeness (QED) is 0.187. The van der Waals surface area contributed by atoms with Crippen LogP contribution in [0.3, 0.4) is 0 Å². The third-order valence-corrected chi connectivity index (χ3v) is 6.47. The van der Waals surface area contributed by atoms with Gasteiger partial charge < -0.3 is 14.6 Å². The average Bonchev–Trinajstić information content (AvgIpc) is 3.18. The second-order valence-corrected chi connectivity index (χ2v) is 9.15. The first-order valence-electron chi connectivity index (χ1n) is 11.2. The Balaban J connectivity index is 1.55. The number of benzene rings is 3. The number of carbonyl (C=O) groups is 1. The minimum absolute atomic E-state index is 0.00402. The number of rotatable bonds is 8. The third-order valence-electron chi connectivity index (χ3n) is 5.15. The zero-order chi connectivity index (χ0) is 26.4. The number of aliphatic hydroxyl groups excluding tert-OH is 1. The number of para-hydroxylation sites is 1. The van der Waals surface area contributed by atoms with Crippen molar-refractivity contribution in [2.24, 2.45) is 4.99 Å². The van der Waals surface area contributed by atoms with Crippen molar-refractivity contribution >= 4 is 51.8 Å². The lowest BCUT2D eigenvalue weighted by Crippen LogP contribution is -2.12. The maximum absolute atomic E-state index is 12.6. The van der Waals surface area contributed by atoms with Gasteiger partial charge in [-0.1, -0.05) is 47.6 Å². The Hall–Kier alpha value is -4.08. The maximum atomic E-state index is 12.6. The number of thioether (sulfide) groups is 1. The molecule has 10 heteroatoms. The first kappa shape index (κ1) is 26.0. The molecule has 0 bridgehead atoms. The number of aliphatic imine (C=N–C) groups is 1. The molecule has 0 saturated carbocycles. The topological polar surface area (TPSA) is 111 Å². The number of ether oxygens (including phenoxy) is 2. The molecule has 0 unspecified atom stereocenters. The summed E-state index contributed by atoms with van der Waals surface area (Å²) in [6.45, 7) is 2.03. The lowest BCUT2D eigenvalue weighted by Gasteiger charge is -2.09. The van der Waals surface area contributed by atoms with Gasteiger partial charge in [-0.05, 0) is 60.5 Å². The van der Waals surface area contributed by atoms with Crippen LogP contribution in [0.4, 0.5) is 11.4 Å². The van der Waals surface area contributed by atoms with Gasteiger partial charge in [-0.25, -0.2) is 9.79 Å². The van der Waals surface area contributed by atoms with Crippen molar-refractivity contribution in [3.63, 3.8) is 0 Å². The molecule has 3 aromatic carbocycles. The fourth-order valence-electron chi connectivity index (χ4n) is 3.36. The number of esters is 1. The Morgan fingerprint density at radius 1 is 1.14 bits per heavy atom. The van der Waals surface area contributed by atoms with Crippen LogP contribution in [0.5, 0.6) is 5.75 Å². The van der Waals surface area contributed by atoms with E-state index in [-0.39, 0.29) is 30.2 Å². The van der Waals surface area contributed by atoms with E-state index in [4.69, 9.17) is 21.1 Å². The van der Waals surface area contributed by atoms with E-state index in [1.165, 1.54) is 12.1 Å².